The molecule has 0 bridgehead atoms. The smallest absolute Gasteiger partial charge is 0.328 e. The van der Waals surface area contributed by atoms with Crippen LogP contribution in [0.4, 0.5) is 11.4 Å². The lowest BCUT2D eigenvalue weighted by atomic mass is 10.0. The van der Waals surface area contributed by atoms with Crippen LogP contribution in [0.15, 0.2) is 24.3 Å². The lowest BCUT2D eigenvalue weighted by Gasteiger charge is -2.40. The highest BCUT2D eigenvalue weighted by molar-refractivity contribution is 5.82. The SMILES string of the molecule is COC(=O)C1CCN1c1ccc(N(C)C)cc1. The summed E-state index contributed by atoms with van der Waals surface area (Å²) in [5.74, 6) is -0.145. The molecular formula is C13H18N2O2. The van der Waals surface area contributed by atoms with E-state index < -0.39 is 0 Å². The highest BCUT2D eigenvalue weighted by Crippen LogP contribution is 2.28. The Kier molecular flexibility index (Phi) is 3.22. The fraction of sp³-hybridized carbons (Fsp3) is 0.462. The summed E-state index contributed by atoms with van der Waals surface area (Å²) >= 11 is 0. The number of carbonyl (C=O) groups is 1. The van der Waals surface area contributed by atoms with Gasteiger partial charge in [0.1, 0.15) is 6.04 Å². The number of carbonyl (C=O) groups excluding carboxylic acids is 1. The lowest BCUT2D eigenvalue weighted by molar-refractivity contribution is -0.143. The summed E-state index contributed by atoms with van der Waals surface area (Å²) in [5, 5.41) is 0. The summed E-state index contributed by atoms with van der Waals surface area (Å²) in [6.45, 7) is 0.918. The summed E-state index contributed by atoms with van der Waals surface area (Å²) in [7, 11) is 5.46. The molecule has 4 heteroatoms. The second-order valence-electron chi connectivity index (χ2n) is 4.43. The molecule has 0 radical (unpaired) electrons. The first kappa shape index (κ1) is 11.8. The predicted octanol–water partition coefficient (Wildman–Crippen LogP) is 1.50. The van der Waals surface area contributed by atoms with Crippen LogP contribution in [0.3, 0.4) is 0 Å². The topological polar surface area (TPSA) is 32.8 Å². The zero-order valence-corrected chi connectivity index (χ0v) is 10.5. The second-order valence-corrected chi connectivity index (χ2v) is 4.43. The molecule has 0 aliphatic carbocycles. The van der Waals surface area contributed by atoms with Gasteiger partial charge in [0.15, 0.2) is 0 Å². The molecule has 1 unspecified atom stereocenters. The average molecular weight is 234 g/mol. The summed E-state index contributed by atoms with van der Waals surface area (Å²) in [6.07, 6.45) is 0.877. The first-order valence-corrected chi connectivity index (χ1v) is 5.75. The number of esters is 1. The van der Waals surface area contributed by atoms with Crippen molar-refractivity contribution in [2.75, 3.05) is 37.5 Å². The van der Waals surface area contributed by atoms with Crippen LogP contribution >= 0.6 is 0 Å². The van der Waals surface area contributed by atoms with E-state index in [-0.39, 0.29) is 12.0 Å². The van der Waals surface area contributed by atoms with Gasteiger partial charge in [-0.1, -0.05) is 0 Å². The van der Waals surface area contributed by atoms with Gasteiger partial charge in [-0.05, 0) is 30.7 Å². The molecular weight excluding hydrogens is 216 g/mol. The molecule has 1 aliphatic heterocycles. The normalized spacial score (nSPS) is 18.5. The van der Waals surface area contributed by atoms with E-state index in [1.807, 2.05) is 26.2 Å². The van der Waals surface area contributed by atoms with Gasteiger partial charge in [0.25, 0.3) is 0 Å². The van der Waals surface area contributed by atoms with Crippen molar-refractivity contribution in [3.8, 4) is 0 Å². The van der Waals surface area contributed by atoms with Crippen molar-refractivity contribution in [3.05, 3.63) is 24.3 Å². The first-order chi connectivity index (χ1) is 8.13. The third kappa shape index (κ3) is 2.20. The Bertz CT molecular complexity index is 400. The zero-order chi connectivity index (χ0) is 12.4. The van der Waals surface area contributed by atoms with Gasteiger partial charge < -0.3 is 14.5 Å². The van der Waals surface area contributed by atoms with Gasteiger partial charge in [0.05, 0.1) is 7.11 Å². The van der Waals surface area contributed by atoms with Crippen LogP contribution in [0, 0.1) is 0 Å². The molecule has 0 saturated carbocycles. The number of anilines is 2. The van der Waals surface area contributed by atoms with E-state index in [0.29, 0.717) is 0 Å². The Labute approximate surface area is 102 Å². The highest BCUT2D eigenvalue weighted by atomic mass is 16.5. The van der Waals surface area contributed by atoms with Crippen LogP contribution in [0.5, 0.6) is 0 Å². The Balaban J connectivity index is 2.10. The molecule has 0 aromatic heterocycles. The minimum Gasteiger partial charge on any atom is -0.467 e. The van der Waals surface area contributed by atoms with E-state index in [1.165, 1.54) is 7.11 Å². The van der Waals surface area contributed by atoms with Crippen molar-refractivity contribution < 1.29 is 9.53 Å². The molecule has 1 aromatic carbocycles. The van der Waals surface area contributed by atoms with Crippen molar-refractivity contribution in [2.45, 2.75) is 12.5 Å². The summed E-state index contributed by atoms with van der Waals surface area (Å²) in [6, 6.07) is 8.10. The van der Waals surface area contributed by atoms with Gasteiger partial charge in [-0.25, -0.2) is 4.79 Å². The fourth-order valence-electron chi connectivity index (χ4n) is 2.02. The molecule has 1 atom stereocenters. The summed E-state index contributed by atoms with van der Waals surface area (Å²) in [5.41, 5.74) is 2.24. The van der Waals surface area contributed by atoms with Gasteiger partial charge in [-0.3, -0.25) is 0 Å². The molecule has 92 valence electrons. The lowest BCUT2D eigenvalue weighted by Crippen LogP contribution is -2.53. The summed E-state index contributed by atoms with van der Waals surface area (Å²) in [4.78, 5) is 15.6. The molecule has 1 aliphatic rings. The minimum absolute atomic E-state index is 0.106. The number of rotatable bonds is 3. The number of benzene rings is 1. The second kappa shape index (κ2) is 4.65. The number of nitrogens with zero attached hydrogens (tertiary/aromatic N) is 2. The third-order valence-electron chi connectivity index (χ3n) is 3.19. The van der Waals surface area contributed by atoms with Gasteiger partial charge in [-0.15, -0.1) is 0 Å². The van der Waals surface area contributed by atoms with Crippen molar-refractivity contribution in [1.29, 1.82) is 0 Å². The van der Waals surface area contributed by atoms with Crippen molar-refractivity contribution in [3.63, 3.8) is 0 Å². The van der Waals surface area contributed by atoms with Crippen molar-refractivity contribution >= 4 is 17.3 Å². The predicted molar refractivity (Wildman–Crippen MR) is 68.5 cm³/mol. The molecule has 1 aromatic rings. The highest BCUT2D eigenvalue weighted by Gasteiger charge is 2.34. The Morgan fingerprint density at radius 3 is 2.41 bits per heavy atom. The average Bonchev–Trinajstić information content (AvgIpc) is 2.28. The van der Waals surface area contributed by atoms with Crippen LogP contribution < -0.4 is 9.80 Å². The van der Waals surface area contributed by atoms with Crippen LogP contribution in [-0.4, -0.2) is 39.8 Å². The van der Waals surface area contributed by atoms with E-state index >= 15 is 0 Å². The van der Waals surface area contributed by atoms with Crippen LogP contribution in [0.1, 0.15) is 6.42 Å². The van der Waals surface area contributed by atoms with E-state index in [4.69, 9.17) is 4.74 Å². The van der Waals surface area contributed by atoms with E-state index in [1.54, 1.807) is 0 Å². The summed E-state index contributed by atoms with van der Waals surface area (Å²) < 4.78 is 4.78. The Morgan fingerprint density at radius 1 is 1.35 bits per heavy atom. The Hall–Kier alpha value is -1.71. The fourth-order valence-corrected chi connectivity index (χ4v) is 2.02. The third-order valence-corrected chi connectivity index (χ3v) is 3.19. The Morgan fingerprint density at radius 2 is 2.00 bits per heavy atom. The quantitative estimate of drug-likeness (QED) is 0.742. The zero-order valence-electron chi connectivity index (χ0n) is 10.5. The van der Waals surface area contributed by atoms with Crippen LogP contribution in [0.25, 0.3) is 0 Å². The standard InChI is InChI=1S/C13H18N2O2/c1-14(2)10-4-6-11(7-5-10)15-9-8-12(15)13(16)17-3/h4-7,12H,8-9H2,1-3H3. The minimum atomic E-state index is -0.145. The largest absolute Gasteiger partial charge is 0.467 e. The van der Waals surface area contributed by atoms with E-state index in [0.717, 1.165) is 24.3 Å². The van der Waals surface area contributed by atoms with Crippen molar-refractivity contribution in [1.82, 2.24) is 0 Å². The van der Waals surface area contributed by atoms with Crippen molar-refractivity contribution in [2.24, 2.45) is 0 Å². The molecule has 1 saturated heterocycles. The molecule has 4 nitrogen and oxygen atoms in total. The molecule has 1 heterocycles. The molecule has 0 spiro atoms. The maximum atomic E-state index is 11.5. The molecule has 17 heavy (non-hydrogen) atoms. The number of ether oxygens (including phenoxy) is 1. The maximum absolute atomic E-state index is 11.5. The molecule has 2 rings (SSSR count). The van der Waals surface area contributed by atoms with Gasteiger partial charge in [0, 0.05) is 32.0 Å². The number of methoxy groups -OCH3 is 1. The van der Waals surface area contributed by atoms with Gasteiger partial charge >= 0.3 is 5.97 Å². The molecule has 0 amide bonds. The monoisotopic (exact) mass is 234 g/mol. The van der Waals surface area contributed by atoms with Gasteiger partial charge in [-0.2, -0.15) is 0 Å². The van der Waals surface area contributed by atoms with E-state index in [9.17, 15) is 4.79 Å². The van der Waals surface area contributed by atoms with Crippen LogP contribution in [0.2, 0.25) is 0 Å². The molecule has 1 fully saturated rings. The number of hydrogen-bond donors (Lipinski definition) is 0. The number of hydrogen-bond acceptors (Lipinski definition) is 4. The maximum Gasteiger partial charge on any atom is 0.328 e. The first-order valence-electron chi connectivity index (χ1n) is 5.75. The van der Waals surface area contributed by atoms with Crippen LogP contribution in [-0.2, 0) is 9.53 Å². The van der Waals surface area contributed by atoms with Gasteiger partial charge in [0.2, 0.25) is 0 Å². The molecule has 0 N–H and O–H groups in total. The van der Waals surface area contributed by atoms with E-state index in [2.05, 4.69) is 21.9 Å².